The van der Waals surface area contributed by atoms with Gasteiger partial charge in [-0.25, -0.2) is 0 Å². The summed E-state index contributed by atoms with van der Waals surface area (Å²) in [6, 6.07) is 4.27. The van der Waals surface area contributed by atoms with Crippen molar-refractivity contribution in [1.29, 1.82) is 0 Å². The van der Waals surface area contributed by atoms with E-state index in [1.165, 1.54) is 19.3 Å². The molecule has 0 aliphatic heterocycles. The third-order valence-corrected chi connectivity index (χ3v) is 2.44. The van der Waals surface area contributed by atoms with E-state index >= 15 is 0 Å². The fraction of sp³-hybridized carbons (Fsp3) is 0.545. The summed E-state index contributed by atoms with van der Waals surface area (Å²) in [4.78, 5) is 13.0. The molecule has 1 heterocycles. The SMILES string of the molecule is CNC1CCC1.Cc1cc[nH]c(=O)c1. The number of rotatable bonds is 1. The zero-order valence-corrected chi connectivity index (χ0v) is 8.84. The smallest absolute Gasteiger partial charge is 0.248 e. The normalized spacial score (nSPS) is 15.3. The van der Waals surface area contributed by atoms with Gasteiger partial charge in [-0.15, -0.1) is 0 Å². The van der Waals surface area contributed by atoms with Crippen LogP contribution in [-0.4, -0.2) is 18.1 Å². The summed E-state index contributed by atoms with van der Waals surface area (Å²) in [5.74, 6) is 0. The molecule has 0 atom stereocenters. The summed E-state index contributed by atoms with van der Waals surface area (Å²) in [7, 11) is 2.03. The molecule has 14 heavy (non-hydrogen) atoms. The number of aromatic amines is 1. The van der Waals surface area contributed by atoms with Crippen LogP contribution in [0.2, 0.25) is 0 Å². The summed E-state index contributed by atoms with van der Waals surface area (Å²) in [6.07, 6.45) is 5.87. The van der Waals surface area contributed by atoms with Crippen molar-refractivity contribution in [3.63, 3.8) is 0 Å². The van der Waals surface area contributed by atoms with Crippen LogP contribution >= 0.6 is 0 Å². The maximum absolute atomic E-state index is 10.4. The molecule has 0 spiro atoms. The topological polar surface area (TPSA) is 44.9 Å². The van der Waals surface area contributed by atoms with Crippen LogP contribution in [0, 0.1) is 6.92 Å². The molecule has 1 aliphatic carbocycles. The molecule has 0 unspecified atom stereocenters. The van der Waals surface area contributed by atoms with Crippen LogP contribution in [0.1, 0.15) is 24.8 Å². The second-order valence-electron chi connectivity index (χ2n) is 3.65. The lowest BCUT2D eigenvalue weighted by Gasteiger charge is -2.23. The van der Waals surface area contributed by atoms with Crippen molar-refractivity contribution in [3.8, 4) is 0 Å². The first-order chi connectivity index (χ1) is 6.72. The van der Waals surface area contributed by atoms with E-state index in [1.807, 2.05) is 20.0 Å². The van der Waals surface area contributed by atoms with Gasteiger partial charge in [-0.3, -0.25) is 4.79 Å². The first-order valence-corrected chi connectivity index (χ1v) is 5.05. The number of H-pyrrole nitrogens is 1. The highest BCUT2D eigenvalue weighted by atomic mass is 16.1. The Balaban J connectivity index is 0.000000146. The Kier molecular flexibility index (Phi) is 4.40. The Morgan fingerprint density at radius 1 is 1.50 bits per heavy atom. The molecule has 3 nitrogen and oxygen atoms in total. The van der Waals surface area contributed by atoms with Crippen molar-refractivity contribution in [1.82, 2.24) is 10.3 Å². The van der Waals surface area contributed by atoms with Gasteiger partial charge < -0.3 is 10.3 Å². The van der Waals surface area contributed by atoms with Gasteiger partial charge in [-0.2, -0.15) is 0 Å². The Bertz CT molecular complexity index is 312. The number of hydrogen-bond acceptors (Lipinski definition) is 2. The Morgan fingerprint density at radius 2 is 2.21 bits per heavy atom. The Morgan fingerprint density at radius 3 is 2.43 bits per heavy atom. The summed E-state index contributed by atoms with van der Waals surface area (Å²) >= 11 is 0. The van der Waals surface area contributed by atoms with Gasteiger partial charge in [0.05, 0.1) is 0 Å². The minimum atomic E-state index is -0.0370. The molecule has 0 amide bonds. The summed E-state index contributed by atoms with van der Waals surface area (Å²) < 4.78 is 0. The molecule has 0 saturated heterocycles. The molecule has 2 N–H and O–H groups in total. The van der Waals surface area contributed by atoms with E-state index in [0.29, 0.717) is 0 Å². The second-order valence-corrected chi connectivity index (χ2v) is 3.65. The summed E-state index contributed by atoms with van der Waals surface area (Å²) in [5, 5.41) is 3.20. The maximum atomic E-state index is 10.4. The van der Waals surface area contributed by atoms with Gasteiger partial charge in [-0.1, -0.05) is 6.42 Å². The second kappa shape index (κ2) is 5.60. The monoisotopic (exact) mass is 194 g/mol. The van der Waals surface area contributed by atoms with E-state index in [1.54, 1.807) is 12.3 Å². The number of pyridine rings is 1. The van der Waals surface area contributed by atoms with Crippen molar-refractivity contribution in [2.24, 2.45) is 0 Å². The highest BCUT2D eigenvalue weighted by Crippen LogP contribution is 2.16. The van der Waals surface area contributed by atoms with E-state index in [0.717, 1.165) is 11.6 Å². The van der Waals surface area contributed by atoms with E-state index in [9.17, 15) is 4.79 Å². The number of hydrogen-bond donors (Lipinski definition) is 2. The average Bonchev–Trinajstić information content (AvgIpc) is 2.02. The van der Waals surface area contributed by atoms with E-state index in [-0.39, 0.29) is 5.56 Å². The molecule has 1 aliphatic rings. The number of aryl methyl sites for hydroxylation is 1. The highest BCUT2D eigenvalue weighted by molar-refractivity contribution is 5.06. The molecule has 0 radical (unpaired) electrons. The van der Waals surface area contributed by atoms with Crippen LogP contribution in [0.4, 0.5) is 0 Å². The molecule has 0 aromatic carbocycles. The Hall–Kier alpha value is -1.09. The van der Waals surface area contributed by atoms with Crippen molar-refractivity contribution in [3.05, 3.63) is 34.2 Å². The van der Waals surface area contributed by atoms with Gasteiger partial charge >= 0.3 is 0 Å². The first-order valence-electron chi connectivity index (χ1n) is 5.05. The molecule has 0 bridgehead atoms. The maximum Gasteiger partial charge on any atom is 0.248 e. The van der Waals surface area contributed by atoms with Gasteiger partial charge in [0.25, 0.3) is 0 Å². The Labute approximate surface area is 84.6 Å². The van der Waals surface area contributed by atoms with Crippen molar-refractivity contribution in [2.45, 2.75) is 32.2 Å². The summed E-state index contributed by atoms with van der Waals surface area (Å²) in [6.45, 7) is 1.88. The average molecular weight is 194 g/mol. The van der Waals surface area contributed by atoms with Crippen LogP contribution in [0.5, 0.6) is 0 Å². The molecule has 2 rings (SSSR count). The first kappa shape index (κ1) is 11.0. The quantitative estimate of drug-likeness (QED) is 0.710. The molecule has 1 aromatic heterocycles. The molecular weight excluding hydrogens is 176 g/mol. The third-order valence-electron chi connectivity index (χ3n) is 2.44. The van der Waals surface area contributed by atoms with Crippen LogP contribution < -0.4 is 10.9 Å². The van der Waals surface area contributed by atoms with Gasteiger partial charge in [0.2, 0.25) is 5.56 Å². The van der Waals surface area contributed by atoms with E-state index in [4.69, 9.17) is 0 Å². The van der Waals surface area contributed by atoms with Gasteiger partial charge in [0.1, 0.15) is 0 Å². The predicted octanol–water partition coefficient (Wildman–Crippen LogP) is 1.44. The number of nitrogens with one attached hydrogen (secondary N) is 2. The van der Waals surface area contributed by atoms with Crippen LogP contribution in [0.25, 0.3) is 0 Å². The lowest BCUT2D eigenvalue weighted by atomic mass is 9.94. The molecule has 78 valence electrons. The van der Waals surface area contributed by atoms with Gasteiger partial charge in [0.15, 0.2) is 0 Å². The lowest BCUT2D eigenvalue weighted by Crippen LogP contribution is -2.31. The molecule has 3 heteroatoms. The largest absolute Gasteiger partial charge is 0.329 e. The lowest BCUT2D eigenvalue weighted by molar-refractivity contribution is 0.361. The van der Waals surface area contributed by atoms with Crippen molar-refractivity contribution >= 4 is 0 Å². The van der Waals surface area contributed by atoms with E-state index in [2.05, 4.69) is 10.3 Å². The molecule has 1 aromatic rings. The van der Waals surface area contributed by atoms with Crippen molar-refractivity contribution in [2.75, 3.05) is 7.05 Å². The fourth-order valence-electron chi connectivity index (χ4n) is 1.25. The predicted molar refractivity (Wildman–Crippen MR) is 58.5 cm³/mol. The standard InChI is InChI=1S/C6H7NO.C5H11N/c1-5-2-3-7-6(8)4-5;1-6-5-3-2-4-5/h2-4H,1H3,(H,7,8);5-6H,2-4H2,1H3. The number of aromatic nitrogens is 1. The third kappa shape index (κ3) is 3.75. The van der Waals surface area contributed by atoms with Gasteiger partial charge in [-0.05, 0) is 38.4 Å². The molecule has 1 saturated carbocycles. The van der Waals surface area contributed by atoms with Crippen LogP contribution in [-0.2, 0) is 0 Å². The van der Waals surface area contributed by atoms with Crippen molar-refractivity contribution < 1.29 is 0 Å². The van der Waals surface area contributed by atoms with Gasteiger partial charge in [0, 0.05) is 18.3 Å². The fourth-order valence-corrected chi connectivity index (χ4v) is 1.25. The van der Waals surface area contributed by atoms with Crippen LogP contribution in [0.3, 0.4) is 0 Å². The minimum Gasteiger partial charge on any atom is -0.329 e. The minimum absolute atomic E-state index is 0.0370. The zero-order valence-electron chi connectivity index (χ0n) is 8.84. The van der Waals surface area contributed by atoms with Crippen LogP contribution in [0.15, 0.2) is 23.1 Å². The molecular formula is C11H18N2O. The zero-order chi connectivity index (χ0) is 10.4. The highest BCUT2D eigenvalue weighted by Gasteiger charge is 2.13. The molecule has 1 fully saturated rings. The summed E-state index contributed by atoms with van der Waals surface area (Å²) in [5.41, 5.74) is 0.957. The van der Waals surface area contributed by atoms with E-state index < -0.39 is 0 Å².